The smallest absolute Gasteiger partial charge is 0.322 e. The minimum absolute atomic E-state index is 0.253. The Hall–Kier alpha value is -2.05. The predicted molar refractivity (Wildman–Crippen MR) is 54.6 cm³/mol. The molecule has 0 aliphatic rings. The van der Waals surface area contributed by atoms with E-state index in [1.165, 1.54) is 0 Å². The highest BCUT2D eigenvalue weighted by Gasteiger charge is 2.29. The number of Topliss-reactive ketones (excluding diaryl/α,β-unsaturated/α-hetero) is 1. The Morgan fingerprint density at radius 1 is 1.47 bits per heavy atom. The average Bonchev–Trinajstić information content (AvgIpc) is 2.26. The molecule has 0 saturated carbocycles. The van der Waals surface area contributed by atoms with Gasteiger partial charge in [0.05, 0.1) is 23.2 Å². The Kier molecular flexibility index (Phi) is 3.72. The van der Waals surface area contributed by atoms with E-state index in [-0.39, 0.29) is 5.56 Å². The van der Waals surface area contributed by atoms with Gasteiger partial charge in [-0.05, 0) is 19.1 Å². The van der Waals surface area contributed by atoms with Crippen molar-refractivity contribution in [2.75, 3.05) is 7.11 Å². The molecular weight excluding hydrogens is 236 g/mol. The van der Waals surface area contributed by atoms with Crippen molar-refractivity contribution >= 4 is 11.5 Å². The first kappa shape index (κ1) is 13.0. The fraction of sp³-hybridized carbons (Fsp3) is 0.300. The molecule has 1 aromatic rings. The van der Waals surface area contributed by atoms with E-state index in [1.54, 1.807) is 0 Å². The summed E-state index contributed by atoms with van der Waals surface area (Å²) < 4.78 is 29.8. The van der Waals surface area contributed by atoms with Gasteiger partial charge in [-0.2, -0.15) is 0 Å². The number of methoxy groups -OCH3 is 1. The zero-order valence-corrected chi connectivity index (χ0v) is 9.07. The summed E-state index contributed by atoms with van der Waals surface area (Å²) in [6.45, 7) is 1.11. The number of ether oxygens (including phenoxy) is 1. The summed E-state index contributed by atoms with van der Waals surface area (Å²) in [5, 5.41) is 10.8. The zero-order valence-electron chi connectivity index (χ0n) is 9.07. The Bertz CT molecular complexity index is 474. The third-order valence-corrected chi connectivity index (χ3v) is 2.16. The van der Waals surface area contributed by atoms with Gasteiger partial charge in [0.2, 0.25) is 5.75 Å². The largest absolute Gasteiger partial charge is 0.490 e. The molecule has 0 N–H and O–H groups in total. The maximum atomic E-state index is 12.6. The molecule has 0 atom stereocenters. The van der Waals surface area contributed by atoms with Crippen LogP contribution in [0.4, 0.5) is 14.5 Å². The van der Waals surface area contributed by atoms with Crippen LogP contribution in [0, 0.1) is 10.1 Å². The summed E-state index contributed by atoms with van der Waals surface area (Å²) in [6.07, 6.45) is -2.91. The summed E-state index contributed by atoms with van der Waals surface area (Å²) in [4.78, 5) is 21.1. The topological polar surface area (TPSA) is 69.4 Å². The second kappa shape index (κ2) is 4.86. The van der Waals surface area contributed by atoms with Crippen LogP contribution in [0.2, 0.25) is 0 Å². The van der Waals surface area contributed by atoms with Gasteiger partial charge < -0.3 is 4.74 Å². The lowest BCUT2D eigenvalue weighted by Crippen LogP contribution is -2.05. The molecule has 0 aliphatic heterocycles. The van der Waals surface area contributed by atoms with E-state index in [2.05, 4.69) is 4.74 Å². The zero-order chi connectivity index (χ0) is 13.2. The van der Waals surface area contributed by atoms with Crippen LogP contribution in [0.15, 0.2) is 12.1 Å². The summed E-state index contributed by atoms with van der Waals surface area (Å²) in [7, 11) is 1.04. The molecule has 0 saturated heterocycles. The standard InChI is InChI=1S/C10H9F2NO4/c1-5(14)6-3-4-7(10(11)12)9(17-2)8(6)13(15)16/h3-4,10H,1-2H3. The minimum Gasteiger partial charge on any atom is -0.490 e. The number of alkyl halides is 2. The van der Waals surface area contributed by atoms with Crippen LogP contribution in [0.25, 0.3) is 0 Å². The number of nitrogens with zero attached hydrogens (tertiary/aromatic N) is 1. The first-order valence-corrected chi connectivity index (χ1v) is 4.54. The molecular formula is C10H9F2NO4. The monoisotopic (exact) mass is 245 g/mol. The SMILES string of the molecule is COc1c(C(F)F)ccc(C(C)=O)c1[N+](=O)[O-]. The van der Waals surface area contributed by atoms with Crippen LogP contribution in [-0.4, -0.2) is 17.8 Å². The molecule has 0 aromatic heterocycles. The Labute approximate surface area is 95.2 Å². The van der Waals surface area contributed by atoms with Gasteiger partial charge in [0.25, 0.3) is 6.43 Å². The molecule has 7 heteroatoms. The van der Waals surface area contributed by atoms with Gasteiger partial charge in [-0.3, -0.25) is 14.9 Å². The summed E-state index contributed by atoms with van der Waals surface area (Å²) in [6, 6.07) is 1.96. The molecule has 0 heterocycles. The molecule has 0 radical (unpaired) electrons. The van der Waals surface area contributed by atoms with E-state index < -0.39 is 34.1 Å². The van der Waals surface area contributed by atoms with Crippen LogP contribution in [0.5, 0.6) is 5.75 Å². The van der Waals surface area contributed by atoms with E-state index in [0.717, 1.165) is 26.2 Å². The first-order valence-electron chi connectivity index (χ1n) is 4.54. The Balaban J connectivity index is 3.61. The number of carbonyl (C=O) groups is 1. The number of rotatable bonds is 4. The van der Waals surface area contributed by atoms with Gasteiger partial charge in [0.15, 0.2) is 5.78 Å². The molecule has 0 spiro atoms. The normalized spacial score (nSPS) is 10.4. The maximum absolute atomic E-state index is 12.6. The van der Waals surface area contributed by atoms with E-state index in [0.29, 0.717) is 0 Å². The minimum atomic E-state index is -2.91. The number of benzene rings is 1. The molecule has 0 amide bonds. The number of halogens is 2. The van der Waals surface area contributed by atoms with Crippen molar-refractivity contribution in [3.8, 4) is 5.75 Å². The fourth-order valence-electron chi connectivity index (χ4n) is 1.44. The van der Waals surface area contributed by atoms with Crippen molar-refractivity contribution in [1.29, 1.82) is 0 Å². The van der Waals surface area contributed by atoms with Crippen molar-refractivity contribution in [3.63, 3.8) is 0 Å². The third kappa shape index (κ3) is 2.38. The molecule has 0 unspecified atom stereocenters. The summed E-state index contributed by atoms with van der Waals surface area (Å²) >= 11 is 0. The molecule has 92 valence electrons. The molecule has 5 nitrogen and oxygen atoms in total. The number of carbonyl (C=O) groups excluding carboxylic acids is 1. The fourth-order valence-corrected chi connectivity index (χ4v) is 1.44. The van der Waals surface area contributed by atoms with Crippen LogP contribution >= 0.6 is 0 Å². The Morgan fingerprint density at radius 3 is 2.41 bits per heavy atom. The van der Waals surface area contributed by atoms with E-state index in [4.69, 9.17) is 0 Å². The number of nitro benzene ring substituents is 1. The van der Waals surface area contributed by atoms with Gasteiger partial charge in [0, 0.05) is 0 Å². The first-order chi connectivity index (χ1) is 7.90. The predicted octanol–water partition coefficient (Wildman–Crippen LogP) is 2.74. The van der Waals surface area contributed by atoms with Crippen LogP contribution < -0.4 is 4.74 Å². The van der Waals surface area contributed by atoms with E-state index in [9.17, 15) is 23.7 Å². The summed E-state index contributed by atoms with van der Waals surface area (Å²) in [5.41, 5.74) is -1.58. The quantitative estimate of drug-likeness (QED) is 0.464. The van der Waals surface area contributed by atoms with Crippen LogP contribution in [0.1, 0.15) is 29.3 Å². The van der Waals surface area contributed by atoms with Gasteiger partial charge in [0.1, 0.15) is 0 Å². The van der Waals surface area contributed by atoms with Gasteiger partial charge in [-0.15, -0.1) is 0 Å². The van der Waals surface area contributed by atoms with Crippen molar-refractivity contribution in [1.82, 2.24) is 0 Å². The molecule has 0 aliphatic carbocycles. The molecule has 0 fully saturated rings. The highest BCUT2D eigenvalue weighted by atomic mass is 19.3. The van der Waals surface area contributed by atoms with Crippen molar-refractivity contribution in [2.24, 2.45) is 0 Å². The maximum Gasteiger partial charge on any atom is 0.322 e. The molecule has 0 bridgehead atoms. The van der Waals surface area contributed by atoms with E-state index in [1.807, 2.05) is 0 Å². The van der Waals surface area contributed by atoms with Gasteiger partial charge in [-0.25, -0.2) is 8.78 Å². The van der Waals surface area contributed by atoms with Crippen molar-refractivity contribution in [2.45, 2.75) is 13.3 Å². The highest BCUT2D eigenvalue weighted by molar-refractivity contribution is 5.99. The lowest BCUT2D eigenvalue weighted by atomic mass is 10.0. The number of hydrogen-bond donors (Lipinski definition) is 0. The van der Waals surface area contributed by atoms with Crippen molar-refractivity contribution in [3.05, 3.63) is 33.4 Å². The van der Waals surface area contributed by atoms with Crippen molar-refractivity contribution < 1.29 is 23.2 Å². The van der Waals surface area contributed by atoms with Crippen LogP contribution in [0.3, 0.4) is 0 Å². The van der Waals surface area contributed by atoms with Gasteiger partial charge in [-0.1, -0.05) is 0 Å². The second-order valence-corrected chi connectivity index (χ2v) is 3.20. The van der Waals surface area contributed by atoms with E-state index >= 15 is 0 Å². The van der Waals surface area contributed by atoms with Crippen LogP contribution in [-0.2, 0) is 0 Å². The second-order valence-electron chi connectivity index (χ2n) is 3.20. The number of ketones is 1. The Morgan fingerprint density at radius 2 is 2.06 bits per heavy atom. The van der Waals surface area contributed by atoms with Gasteiger partial charge >= 0.3 is 5.69 Å². The highest BCUT2D eigenvalue weighted by Crippen LogP contribution is 2.39. The summed E-state index contributed by atoms with van der Waals surface area (Å²) in [5.74, 6) is -1.16. The average molecular weight is 245 g/mol. The molecule has 1 rings (SSSR count). The lowest BCUT2D eigenvalue weighted by Gasteiger charge is -2.10. The third-order valence-electron chi connectivity index (χ3n) is 2.16. The molecule has 1 aromatic carbocycles. The molecule has 17 heavy (non-hydrogen) atoms. The lowest BCUT2D eigenvalue weighted by molar-refractivity contribution is -0.386. The number of hydrogen-bond acceptors (Lipinski definition) is 4. The number of nitro groups is 1.